The average Bonchev–Trinajstić information content (AvgIpc) is 2.65. The van der Waals surface area contributed by atoms with Crippen LogP contribution >= 0.6 is 27.5 Å². The third kappa shape index (κ3) is 4.94. The van der Waals surface area contributed by atoms with Crippen molar-refractivity contribution >= 4 is 55.8 Å². The van der Waals surface area contributed by atoms with Crippen LogP contribution in [0.15, 0.2) is 76.1 Å². The molecule has 0 aromatic heterocycles. The van der Waals surface area contributed by atoms with Crippen LogP contribution in [0.5, 0.6) is 0 Å². The lowest BCUT2D eigenvalue weighted by molar-refractivity contribution is 0.102. The zero-order chi connectivity index (χ0) is 19.4. The molecular weight excluding hydrogens is 455 g/mol. The van der Waals surface area contributed by atoms with E-state index in [1.165, 1.54) is 18.2 Å². The van der Waals surface area contributed by atoms with Gasteiger partial charge in [-0.2, -0.15) is 0 Å². The van der Waals surface area contributed by atoms with Crippen molar-refractivity contribution < 1.29 is 13.4 Å². The maximum Gasteiger partial charge on any atom is 0.257 e. The molecule has 138 valence electrons. The Morgan fingerprint density at radius 1 is 1.04 bits per heavy atom. The van der Waals surface area contributed by atoms with E-state index in [2.05, 4.69) is 26.0 Å². The molecule has 0 fully saturated rings. The highest BCUT2D eigenvalue weighted by atomic mass is 79.9. The highest BCUT2D eigenvalue weighted by molar-refractivity contribution is 9.10. The second-order valence-corrected chi connectivity index (χ2v) is 7.99. The third-order valence-corrected chi connectivity index (χ3v) is 5.45. The minimum atomic E-state index is -1.87. The summed E-state index contributed by atoms with van der Waals surface area (Å²) in [7, 11) is -1.87. The molecular formula is C19H13BrClFN2O2S. The first kappa shape index (κ1) is 19.5. The number of hydrogen-bond donors (Lipinski definition) is 2. The molecule has 0 radical (unpaired) electrons. The minimum absolute atomic E-state index is 0.00415. The van der Waals surface area contributed by atoms with Gasteiger partial charge in [-0.1, -0.05) is 39.7 Å². The van der Waals surface area contributed by atoms with Crippen molar-refractivity contribution in [1.29, 1.82) is 0 Å². The van der Waals surface area contributed by atoms with E-state index < -0.39 is 22.7 Å². The van der Waals surface area contributed by atoms with Crippen molar-refractivity contribution in [3.63, 3.8) is 0 Å². The molecule has 3 aromatic rings. The van der Waals surface area contributed by atoms with Crippen LogP contribution in [0.25, 0.3) is 0 Å². The molecule has 0 heterocycles. The van der Waals surface area contributed by atoms with Crippen molar-refractivity contribution in [3.05, 3.63) is 87.6 Å². The lowest BCUT2D eigenvalue weighted by atomic mass is 10.1. The van der Waals surface area contributed by atoms with Crippen molar-refractivity contribution in [2.24, 2.45) is 0 Å². The van der Waals surface area contributed by atoms with E-state index in [0.29, 0.717) is 20.9 Å². The average molecular weight is 468 g/mol. The quantitative estimate of drug-likeness (QED) is 0.511. The van der Waals surface area contributed by atoms with Gasteiger partial charge in [0.25, 0.3) is 5.91 Å². The lowest BCUT2D eigenvalue weighted by Gasteiger charge is -2.13. The topological polar surface area (TPSA) is 58.2 Å². The molecule has 0 aliphatic carbocycles. The SMILES string of the molecule is O=C(Nc1ccc(Cl)cc1)c1cc(Br)ccc1NS(=O)c1ccccc1F. The van der Waals surface area contributed by atoms with Crippen LogP contribution < -0.4 is 10.0 Å². The molecule has 0 aliphatic rings. The van der Waals surface area contributed by atoms with Gasteiger partial charge < -0.3 is 10.0 Å². The summed E-state index contributed by atoms with van der Waals surface area (Å²) in [4.78, 5) is 12.7. The molecule has 27 heavy (non-hydrogen) atoms. The van der Waals surface area contributed by atoms with Crippen molar-refractivity contribution in [3.8, 4) is 0 Å². The predicted octanol–water partition coefficient (Wildman–Crippen LogP) is 5.63. The monoisotopic (exact) mass is 466 g/mol. The van der Waals surface area contributed by atoms with Crippen molar-refractivity contribution in [2.45, 2.75) is 4.90 Å². The molecule has 2 N–H and O–H groups in total. The first-order valence-electron chi connectivity index (χ1n) is 7.73. The van der Waals surface area contributed by atoms with Gasteiger partial charge >= 0.3 is 0 Å². The smallest absolute Gasteiger partial charge is 0.257 e. The van der Waals surface area contributed by atoms with E-state index in [9.17, 15) is 13.4 Å². The number of rotatable bonds is 5. The highest BCUT2D eigenvalue weighted by Gasteiger charge is 2.16. The highest BCUT2D eigenvalue weighted by Crippen LogP contribution is 2.25. The summed E-state index contributed by atoms with van der Waals surface area (Å²) in [5, 5.41) is 3.30. The van der Waals surface area contributed by atoms with Gasteiger partial charge in [0.05, 0.1) is 16.1 Å². The zero-order valence-electron chi connectivity index (χ0n) is 13.7. The molecule has 0 spiro atoms. The summed E-state index contributed by atoms with van der Waals surface area (Å²) in [5.41, 5.74) is 1.13. The summed E-state index contributed by atoms with van der Waals surface area (Å²) in [5.74, 6) is -1.00. The Labute approximate surface area is 171 Å². The molecule has 4 nitrogen and oxygen atoms in total. The zero-order valence-corrected chi connectivity index (χ0v) is 16.9. The maximum atomic E-state index is 13.9. The molecule has 8 heteroatoms. The third-order valence-electron chi connectivity index (χ3n) is 3.57. The second kappa shape index (κ2) is 8.65. The Hall–Kier alpha value is -2.22. The lowest BCUT2D eigenvalue weighted by Crippen LogP contribution is -2.16. The van der Waals surface area contributed by atoms with E-state index >= 15 is 0 Å². The Balaban J connectivity index is 1.86. The van der Waals surface area contributed by atoms with E-state index in [4.69, 9.17) is 11.6 Å². The summed E-state index contributed by atoms with van der Waals surface area (Å²) < 4.78 is 29.7. The van der Waals surface area contributed by atoms with Crippen molar-refractivity contribution in [2.75, 3.05) is 10.0 Å². The van der Waals surface area contributed by atoms with Crippen LogP contribution in [0.4, 0.5) is 15.8 Å². The Morgan fingerprint density at radius 3 is 2.44 bits per heavy atom. The van der Waals surface area contributed by atoms with E-state index in [1.807, 2.05) is 0 Å². The Kier molecular flexibility index (Phi) is 6.26. The van der Waals surface area contributed by atoms with Crippen LogP contribution in [-0.4, -0.2) is 10.1 Å². The largest absolute Gasteiger partial charge is 0.322 e. The number of benzene rings is 3. The summed E-state index contributed by atoms with van der Waals surface area (Å²) in [6.45, 7) is 0. The molecule has 1 unspecified atom stereocenters. The van der Waals surface area contributed by atoms with Gasteiger partial charge in [0, 0.05) is 15.2 Å². The number of nitrogens with one attached hydrogen (secondary N) is 2. The number of anilines is 2. The molecule has 1 atom stereocenters. The predicted molar refractivity (Wildman–Crippen MR) is 110 cm³/mol. The fraction of sp³-hybridized carbons (Fsp3) is 0. The van der Waals surface area contributed by atoms with Crippen LogP contribution in [0, 0.1) is 5.82 Å². The van der Waals surface area contributed by atoms with Crippen LogP contribution in [-0.2, 0) is 11.0 Å². The standard InChI is InChI=1S/C19H13BrClFN2O2S/c20-12-5-10-17(24-27(26)18-4-2-1-3-16(18)22)15(11-12)19(25)23-14-8-6-13(21)7-9-14/h1-11,24H,(H,23,25). The van der Waals surface area contributed by atoms with Crippen LogP contribution in [0.2, 0.25) is 5.02 Å². The number of amides is 1. The summed E-state index contributed by atoms with van der Waals surface area (Å²) in [6.07, 6.45) is 0. The molecule has 1 amide bonds. The fourth-order valence-electron chi connectivity index (χ4n) is 2.27. The van der Waals surface area contributed by atoms with Gasteiger partial charge in [0.15, 0.2) is 11.0 Å². The second-order valence-electron chi connectivity index (χ2n) is 5.45. The van der Waals surface area contributed by atoms with Gasteiger partial charge in [-0.25, -0.2) is 8.60 Å². The van der Waals surface area contributed by atoms with Crippen molar-refractivity contribution in [1.82, 2.24) is 0 Å². The van der Waals surface area contributed by atoms with E-state index in [1.54, 1.807) is 48.5 Å². The fourth-order valence-corrected chi connectivity index (χ4v) is 3.70. The molecule has 0 aliphatic heterocycles. The van der Waals surface area contributed by atoms with Crippen LogP contribution in [0.1, 0.15) is 10.4 Å². The molecule has 3 rings (SSSR count). The first-order valence-corrected chi connectivity index (χ1v) is 10.1. The normalized spacial score (nSPS) is 11.7. The van der Waals surface area contributed by atoms with E-state index in [0.717, 1.165) is 0 Å². The number of hydrogen-bond acceptors (Lipinski definition) is 2. The Morgan fingerprint density at radius 2 is 1.74 bits per heavy atom. The molecule has 0 bridgehead atoms. The minimum Gasteiger partial charge on any atom is -0.322 e. The molecule has 0 saturated carbocycles. The number of carbonyl (C=O) groups is 1. The Bertz CT molecular complexity index is 1010. The van der Waals surface area contributed by atoms with Gasteiger partial charge in [-0.3, -0.25) is 4.79 Å². The van der Waals surface area contributed by atoms with Crippen LogP contribution in [0.3, 0.4) is 0 Å². The summed E-state index contributed by atoms with van der Waals surface area (Å²) >= 11 is 9.17. The number of carbonyl (C=O) groups excluding carboxylic acids is 1. The number of halogens is 3. The molecule has 0 saturated heterocycles. The van der Waals surface area contributed by atoms with Gasteiger partial charge in [0.2, 0.25) is 0 Å². The molecule has 3 aromatic carbocycles. The maximum absolute atomic E-state index is 13.9. The summed E-state index contributed by atoms with van der Waals surface area (Å²) in [6, 6.07) is 17.3. The first-order chi connectivity index (χ1) is 12.9. The van der Waals surface area contributed by atoms with E-state index in [-0.39, 0.29) is 10.5 Å². The van der Waals surface area contributed by atoms with Gasteiger partial charge in [0.1, 0.15) is 5.82 Å². The van der Waals surface area contributed by atoms with Gasteiger partial charge in [-0.15, -0.1) is 0 Å². The van der Waals surface area contributed by atoms with Gasteiger partial charge in [-0.05, 0) is 54.6 Å².